The Morgan fingerprint density at radius 2 is 1.90 bits per heavy atom. The molecule has 1 N–H and O–H groups in total. The molecule has 1 fully saturated rings. The van der Waals surface area contributed by atoms with Crippen molar-refractivity contribution >= 4 is 23.5 Å². The van der Waals surface area contributed by atoms with Gasteiger partial charge in [-0.3, -0.25) is 9.59 Å². The van der Waals surface area contributed by atoms with Crippen molar-refractivity contribution in [1.29, 1.82) is 0 Å². The quantitative estimate of drug-likeness (QED) is 0.754. The summed E-state index contributed by atoms with van der Waals surface area (Å²) in [5, 5.41) is 2.29. The predicted molar refractivity (Wildman–Crippen MR) is 109 cm³/mol. The molecular weight excluding hydrogens is 411 g/mol. The van der Waals surface area contributed by atoms with Crippen LogP contribution in [0.2, 0.25) is 0 Å². The number of piperidine rings is 1. The zero-order chi connectivity index (χ0) is 22.4. The van der Waals surface area contributed by atoms with Gasteiger partial charge in [0.25, 0.3) is 0 Å². The molecule has 1 saturated heterocycles. The number of hydrogen-bond donors (Lipinski definition) is 1. The molecule has 1 aliphatic rings. The fourth-order valence-corrected chi connectivity index (χ4v) is 3.62. The topological polar surface area (TPSA) is 78.4 Å². The minimum absolute atomic E-state index is 0.206. The number of rotatable bonds is 6. The van der Waals surface area contributed by atoms with E-state index in [9.17, 15) is 22.8 Å². The number of carbonyl (C=O) groups excluding carboxylic acids is 2. The predicted octanol–water partition coefficient (Wildman–Crippen LogP) is 3.20. The molecule has 0 bridgehead atoms. The molecule has 1 aromatic carbocycles. The summed E-state index contributed by atoms with van der Waals surface area (Å²) in [7, 11) is 0. The standard InChI is InChI=1S/C21H24F3N5O2/c1-2-28(14-18(30)27-17-9-4-3-8-16(17)21(22,23)24)19(31)15-7-5-12-29(13-15)20-25-10-6-11-26-20/h3-4,6,8-11,15H,2,5,7,12-14H2,1H3,(H,27,30). The van der Waals surface area contributed by atoms with Gasteiger partial charge in [0.05, 0.1) is 23.7 Å². The van der Waals surface area contributed by atoms with E-state index < -0.39 is 17.6 Å². The van der Waals surface area contributed by atoms with Gasteiger partial charge >= 0.3 is 6.18 Å². The molecule has 166 valence electrons. The number of nitrogens with one attached hydrogen (secondary N) is 1. The van der Waals surface area contributed by atoms with Crippen LogP contribution in [0.3, 0.4) is 0 Å². The molecule has 2 amide bonds. The Hall–Kier alpha value is -3.17. The van der Waals surface area contributed by atoms with Gasteiger partial charge in [0.2, 0.25) is 17.8 Å². The molecule has 3 rings (SSSR count). The number of aromatic nitrogens is 2. The third kappa shape index (κ3) is 5.71. The van der Waals surface area contributed by atoms with Crippen LogP contribution in [0.15, 0.2) is 42.7 Å². The highest BCUT2D eigenvalue weighted by molar-refractivity contribution is 5.95. The molecule has 0 radical (unpaired) electrons. The second-order valence-electron chi connectivity index (χ2n) is 7.28. The number of amides is 2. The van der Waals surface area contributed by atoms with Crippen molar-refractivity contribution in [2.45, 2.75) is 25.9 Å². The summed E-state index contributed by atoms with van der Waals surface area (Å²) in [6.07, 6.45) is 0.119. The van der Waals surface area contributed by atoms with E-state index in [1.54, 1.807) is 25.4 Å². The van der Waals surface area contributed by atoms with Crippen molar-refractivity contribution in [2.75, 3.05) is 36.4 Å². The molecule has 1 atom stereocenters. The molecular formula is C21H24F3N5O2. The maximum Gasteiger partial charge on any atom is 0.418 e. The molecule has 1 aromatic heterocycles. The zero-order valence-corrected chi connectivity index (χ0v) is 17.1. The van der Waals surface area contributed by atoms with Crippen LogP contribution in [0.25, 0.3) is 0 Å². The first-order valence-electron chi connectivity index (χ1n) is 10.1. The number of anilines is 2. The third-order valence-electron chi connectivity index (χ3n) is 5.14. The lowest BCUT2D eigenvalue weighted by Crippen LogP contribution is -2.47. The highest BCUT2D eigenvalue weighted by Crippen LogP contribution is 2.34. The van der Waals surface area contributed by atoms with Crippen LogP contribution in [0.4, 0.5) is 24.8 Å². The highest BCUT2D eigenvalue weighted by atomic mass is 19.4. The van der Waals surface area contributed by atoms with E-state index in [0.29, 0.717) is 18.9 Å². The molecule has 10 heteroatoms. The van der Waals surface area contributed by atoms with Crippen molar-refractivity contribution in [3.05, 3.63) is 48.3 Å². The van der Waals surface area contributed by atoms with Crippen LogP contribution in [0.1, 0.15) is 25.3 Å². The number of carbonyl (C=O) groups is 2. The highest BCUT2D eigenvalue weighted by Gasteiger charge is 2.34. The van der Waals surface area contributed by atoms with Crippen molar-refractivity contribution in [3.63, 3.8) is 0 Å². The monoisotopic (exact) mass is 435 g/mol. The first kappa shape index (κ1) is 22.5. The number of halogens is 3. The summed E-state index contributed by atoms with van der Waals surface area (Å²) in [5.74, 6) is -0.675. The second-order valence-corrected chi connectivity index (χ2v) is 7.28. The lowest BCUT2D eigenvalue weighted by molar-refractivity contribution is -0.139. The summed E-state index contributed by atoms with van der Waals surface area (Å²) in [4.78, 5) is 37.2. The lowest BCUT2D eigenvalue weighted by Gasteiger charge is -2.34. The van der Waals surface area contributed by atoms with Crippen LogP contribution >= 0.6 is 0 Å². The minimum atomic E-state index is -4.59. The van der Waals surface area contributed by atoms with Gasteiger partial charge in [-0.15, -0.1) is 0 Å². The van der Waals surface area contributed by atoms with E-state index in [4.69, 9.17) is 0 Å². The van der Waals surface area contributed by atoms with E-state index in [2.05, 4.69) is 15.3 Å². The Labute approximate surface area is 178 Å². The Kier molecular flexibility index (Phi) is 7.09. The first-order valence-corrected chi connectivity index (χ1v) is 10.1. The molecule has 31 heavy (non-hydrogen) atoms. The minimum Gasteiger partial charge on any atom is -0.340 e. The smallest absolute Gasteiger partial charge is 0.340 e. The normalized spacial score (nSPS) is 16.6. The van der Waals surface area contributed by atoms with Gasteiger partial charge in [-0.2, -0.15) is 13.2 Å². The van der Waals surface area contributed by atoms with Crippen LogP contribution in [-0.2, 0) is 15.8 Å². The Bertz CT molecular complexity index is 907. The van der Waals surface area contributed by atoms with Gasteiger partial charge < -0.3 is 15.1 Å². The van der Waals surface area contributed by atoms with E-state index in [1.807, 2.05) is 4.90 Å². The maximum atomic E-state index is 13.1. The first-order chi connectivity index (χ1) is 14.8. The molecule has 2 aromatic rings. The molecule has 1 aliphatic heterocycles. The van der Waals surface area contributed by atoms with E-state index in [0.717, 1.165) is 19.0 Å². The van der Waals surface area contributed by atoms with Gasteiger partial charge in [0, 0.05) is 32.0 Å². The fourth-order valence-electron chi connectivity index (χ4n) is 3.62. The summed E-state index contributed by atoms with van der Waals surface area (Å²) >= 11 is 0. The summed E-state index contributed by atoms with van der Waals surface area (Å²) in [6, 6.07) is 6.48. The van der Waals surface area contributed by atoms with Gasteiger partial charge in [0.15, 0.2) is 0 Å². The molecule has 0 aliphatic carbocycles. The lowest BCUT2D eigenvalue weighted by atomic mass is 9.96. The average Bonchev–Trinajstić information content (AvgIpc) is 2.77. The van der Waals surface area contributed by atoms with Crippen molar-refractivity contribution in [1.82, 2.24) is 14.9 Å². The van der Waals surface area contributed by atoms with Crippen molar-refractivity contribution in [2.24, 2.45) is 5.92 Å². The van der Waals surface area contributed by atoms with Gasteiger partial charge in [-0.25, -0.2) is 9.97 Å². The molecule has 2 heterocycles. The van der Waals surface area contributed by atoms with E-state index in [-0.39, 0.29) is 30.6 Å². The number of para-hydroxylation sites is 1. The molecule has 7 nitrogen and oxygen atoms in total. The maximum absolute atomic E-state index is 13.1. The van der Waals surface area contributed by atoms with Gasteiger partial charge in [0.1, 0.15) is 0 Å². The van der Waals surface area contributed by atoms with Crippen LogP contribution in [0, 0.1) is 5.92 Å². The summed E-state index contributed by atoms with van der Waals surface area (Å²) in [6.45, 7) is 2.84. The Balaban J connectivity index is 1.64. The second kappa shape index (κ2) is 9.76. The largest absolute Gasteiger partial charge is 0.418 e. The molecule has 0 spiro atoms. The number of likely N-dealkylation sites (N-methyl/N-ethyl adjacent to an activating group) is 1. The summed E-state index contributed by atoms with van der Waals surface area (Å²) < 4.78 is 39.4. The Morgan fingerprint density at radius 1 is 1.19 bits per heavy atom. The molecule has 0 saturated carbocycles. The summed E-state index contributed by atoms with van der Waals surface area (Å²) in [5.41, 5.74) is -1.25. The van der Waals surface area contributed by atoms with Gasteiger partial charge in [-0.1, -0.05) is 12.1 Å². The third-order valence-corrected chi connectivity index (χ3v) is 5.14. The SMILES string of the molecule is CCN(CC(=O)Nc1ccccc1C(F)(F)F)C(=O)C1CCCN(c2ncccn2)C1. The Morgan fingerprint density at radius 3 is 2.58 bits per heavy atom. The number of hydrogen-bond acceptors (Lipinski definition) is 5. The zero-order valence-electron chi connectivity index (χ0n) is 17.1. The van der Waals surface area contributed by atoms with Crippen LogP contribution in [0.5, 0.6) is 0 Å². The van der Waals surface area contributed by atoms with Gasteiger partial charge in [-0.05, 0) is 38.0 Å². The molecule has 1 unspecified atom stereocenters. The van der Waals surface area contributed by atoms with E-state index >= 15 is 0 Å². The van der Waals surface area contributed by atoms with Crippen molar-refractivity contribution in [3.8, 4) is 0 Å². The fraction of sp³-hybridized carbons (Fsp3) is 0.429. The van der Waals surface area contributed by atoms with Crippen molar-refractivity contribution < 1.29 is 22.8 Å². The van der Waals surface area contributed by atoms with E-state index in [1.165, 1.54) is 23.1 Å². The number of alkyl halides is 3. The number of benzene rings is 1. The van der Waals surface area contributed by atoms with Crippen LogP contribution < -0.4 is 10.2 Å². The average molecular weight is 435 g/mol. The number of nitrogens with zero attached hydrogens (tertiary/aromatic N) is 4. The van der Waals surface area contributed by atoms with Crippen LogP contribution in [-0.4, -0.2) is 52.9 Å².